The third kappa shape index (κ3) is 5.32. The van der Waals surface area contributed by atoms with Crippen LogP contribution < -0.4 is 10.1 Å². The lowest BCUT2D eigenvalue weighted by Crippen LogP contribution is -2.33. The van der Waals surface area contributed by atoms with Crippen molar-refractivity contribution in [1.82, 2.24) is 20.3 Å². The monoisotopic (exact) mass is 461 g/mol. The summed E-state index contributed by atoms with van der Waals surface area (Å²) in [6.07, 6.45) is 0.867. The quantitative estimate of drug-likeness (QED) is 0.366. The SMILES string of the molecule is CCCN(CC(=O)Nc1ccccc1OC)Cc1nnc(-c2c(-c3ccccc3)noc2C)o1. The number of aryl methyl sites for hydroxylation is 1. The second-order valence-electron chi connectivity index (χ2n) is 7.79. The van der Waals surface area contributed by atoms with Crippen LogP contribution in [0.25, 0.3) is 22.7 Å². The average Bonchev–Trinajstić information content (AvgIpc) is 3.46. The number of nitrogens with one attached hydrogen (secondary N) is 1. The van der Waals surface area contributed by atoms with Crippen molar-refractivity contribution in [2.75, 3.05) is 25.5 Å². The molecule has 1 amide bonds. The first-order valence-electron chi connectivity index (χ1n) is 11.1. The molecule has 0 aliphatic heterocycles. The molecule has 0 saturated heterocycles. The number of nitrogens with zero attached hydrogens (tertiary/aromatic N) is 4. The molecule has 0 radical (unpaired) electrons. The minimum Gasteiger partial charge on any atom is -0.495 e. The van der Waals surface area contributed by atoms with E-state index in [0.29, 0.717) is 53.3 Å². The van der Waals surface area contributed by atoms with Gasteiger partial charge in [-0.25, -0.2) is 0 Å². The van der Waals surface area contributed by atoms with Crippen molar-refractivity contribution in [1.29, 1.82) is 0 Å². The van der Waals surface area contributed by atoms with Crippen molar-refractivity contribution < 1.29 is 18.5 Å². The van der Waals surface area contributed by atoms with Gasteiger partial charge in [-0.15, -0.1) is 10.2 Å². The van der Waals surface area contributed by atoms with E-state index in [0.717, 1.165) is 12.0 Å². The van der Waals surface area contributed by atoms with E-state index < -0.39 is 0 Å². The number of hydrogen-bond acceptors (Lipinski definition) is 8. The van der Waals surface area contributed by atoms with Gasteiger partial charge in [-0.1, -0.05) is 54.5 Å². The Bertz CT molecular complexity index is 1240. The third-order valence-electron chi connectivity index (χ3n) is 5.24. The van der Waals surface area contributed by atoms with Crippen LogP contribution in [0.4, 0.5) is 5.69 Å². The van der Waals surface area contributed by atoms with E-state index in [9.17, 15) is 4.79 Å². The number of para-hydroxylation sites is 2. The van der Waals surface area contributed by atoms with Gasteiger partial charge in [0.25, 0.3) is 5.89 Å². The van der Waals surface area contributed by atoms with E-state index in [2.05, 4.69) is 27.6 Å². The molecule has 0 fully saturated rings. The molecule has 0 unspecified atom stereocenters. The maximum Gasteiger partial charge on any atom is 0.253 e. The van der Waals surface area contributed by atoms with Gasteiger partial charge in [0.05, 0.1) is 25.9 Å². The Kier molecular flexibility index (Phi) is 7.34. The summed E-state index contributed by atoms with van der Waals surface area (Å²) in [6.45, 7) is 5.07. The van der Waals surface area contributed by atoms with Crippen molar-refractivity contribution in [3.63, 3.8) is 0 Å². The number of benzene rings is 2. The van der Waals surface area contributed by atoms with Crippen LogP contribution in [0.15, 0.2) is 63.5 Å². The summed E-state index contributed by atoms with van der Waals surface area (Å²) in [4.78, 5) is 14.7. The summed E-state index contributed by atoms with van der Waals surface area (Å²) in [6, 6.07) is 17.0. The Hall–Kier alpha value is -3.98. The molecule has 176 valence electrons. The maximum atomic E-state index is 12.7. The molecule has 0 aliphatic rings. The van der Waals surface area contributed by atoms with Crippen LogP contribution in [0.5, 0.6) is 5.75 Å². The Labute approximate surface area is 197 Å². The zero-order valence-corrected chi connectivity index (χ0v) is 19.4. The Morgan fingerprint density at radius 2 is 1.85 bits per heavy atom. The molecule has 9 nitrogen and oxygen atoms in total. The van der Waals surface area contributed by atoms with Gasteiger partial charge < -0.3 is 19.0 Å². The Morgan fingerprint density at radius 3 is 2.62 bits per heavy atom. The highest BCUT2D eigenvalue weighted by Gasteiger charge is 2.23. The highest BCUT2D eigenvalue weighted by Crippen LogP contribution is 2.33. The molecule has 2 heterocycles. The third-order valence-corrected chi connectivity index (χ3v) is 5.24. The standard InChI is InChI=1S/C25H27N5O4/c1-4-14-30(15-21(31)26-19-12-8-9-13-20(19)32-3)16-22-27-28-25(33-22)23-17(2)34-29-24(23)18-10-6-5-7-11-18/h5-13H,4,14-16H2,1-3H3,(H,26,31). The number of anilines is 1. The Morgan fingerprint density at radius 1 is 1.09 bits per heavy atom. The molecule has 34 heavy (non-hydrogen) atoms. The predicted molar refractivity (Wildman–Crippen MR) is 127 cm³/mol. The number of hydrogen-bond donors (Lipinski definition) is 1. The first-order chi connectivity index (χ1) is 16.6. The number of carbonyl (C=O) groups is 1. The van der Waals surface area contributed by atoms with E-state index >= 15 is 0 Å². The first-order valence-corrected chi connectivity index (χ1v) is 11.1. The van der Waals surface area contributed by atoms with Gasteiger partial charge in [0.15, 0.2) is 0 Å². The molecule has 0 saturated carbocycles. The fraction of sp³-hybridized carbons (Fsp3) is 0.280. The summed E-state index contributed by atoms with van der Waals surface area (Å²) >= 11 is 0. The lowest BCUT2D eigenvalue weighted by molar-refractivity contribution is -0.117. The van der Waals surface area contributed by atoms with Crippen molar-refractivity contribution in [2.24, 2.45) is 0 Å². The molecule has 1 N–H and O–H groups in total. The van der Waals surface area contributed by atoms with Gasteiger partial charge in [-0.05, 0) is 32.0 Å². The Balaban J connectivity index is 1.48. The van der Waals surface area contributed by atoms with Crippen LogP contribution in [-0.2, 0) is 11.3 Å². The number of aromatic nitrogens is 3. The second-order valence-corrected chi connectivity index (χ2v) is 7.79. The molecule has 0 aliphatic carbocycles. The molecule has 0 atom stereocenters. The number of ether oxygens (including phenoxy) is 1. The fourth-order valence-electron chi connectivity index (χ4n) is 3.70. The normalized spacial score (nSPS) is 11.1. The van der Waals surface area contributed by atoms with Crippen LogP contribution in [0, 0.1) is 6.92 Å². The largest absolute Gasteiger partial charge is 0.495 e. The minimum absolute atomic E-state index is 0.154. The van der Waals surface area contributed by atoms with E-state index in [-0.39, 0.29) is 12.5 Å². The zero-order chi connectivity index (χ0) is 23.9. The smallest absolute Gasteiger partial charge is 0.253 e. The summed E-state index contributed by atoms with van der Waals surface area (Å²) in [5.74, 6) is 1.79. The van der Waals surface area contributed by atoms with E-state index in [1.807, 2.05) is 54.3 Å². The molecular formula is C25H27N5O4. The van der Waals surface area contributed by atoms with Crippen LogP contribution in [0.1, 0.15) is 25.0 Å². The van der Waals surface area contributed by atoms with Gasteiger partial charge in [0.1, 0.15) is 22.8 Å². The summed E-state index contributed by atoms with van der Waals surface area (Å²) in [5.41, 5.74) is 2.84. The summed E-state index contributed by atoms with van der Waals surface area (Å²) in [5, 5.41) is 15.5. The van der Waals surface area contributed by atoms with Crippen molar-refractivity contribution in [3.05, 3.63) is 66.2 Å². The van der Waals surface area contributed by atoms with Crippen molar-refractivity contribution >= 4 is 11.6 Å². The van der Waals surface area contributed by atoms with Gasteiger partial charge in [0.2, 0.25) is 11.8 Å². The number of rotatable bonds is 10. The molecule has 4 rings (SSSR count). The van der Waals surface area contributed by atoms with E-state index in [1.165, 1.54) is 0 Å². The highest BCUT2D eigenvalue weighted by atomic mass is 16.5. The zero-order valence-electron chi connectivity index (χ0n) is 19.4. The number of carbonyl (C=O) groups excluding carboxylic acids is 1. The highest BCUT2D eigenvalue weighted by molar-refractivity contribution is 5.93. The lowest BCUT2D eigenvalue weighted by Gasteiger charge is -2.19. The second kappa shape index (κ2) is 10.8. The van der Waals surface area contributed by atoms with Crippen molar-refractivity contribution in [3.8, 4) is 28.5 Å². The van der Waals surface area contributed by atoms with Crippen LogP contribution in [0.3, 0.4) is 0 Å². The molecular weight excluding hydrogens is 434 g/mol. The van der Waals surface area contributed by atoms with Crippen LogP contribution in [-0.4, -0.2) is 46.4 Å². The average molecular weight is 462 g/mol. The summed E-state index contributed by atoms with van der Waals surface area (Å²) < 4.78 is 16.7. The topological polar surface area (TPSA) is 107 Å². The van der Waals surface area contributed by atoms with Gasteiger partial charge in [0, 0.05) is 5.56 Å². The molecule has 2 aromatic carbocycles. The summed E-state index contributed by atoms with van der Waals surface area (Å²) in [7, 11) is 1.57. The fourth-order valence-corrected chi connectivity index (χ4v) is 3.70. The van der Waals surface area contributed by atoms with Gasteiger partial charge in [-0.3, -0.25) is 9.69 Å². The predicted octanol–water partition coefficient (Wildman–Crippen LogP) is 4.56. The van der Waals surface area contributed by atoms with Crippen molar-refractivity contribution in [2.45, 2.75) is 26.8 Å². The maximum absolute atomic E-state index is 12.7. The number of methoxy groups -OCH3 is 1. The first kappa shape index (κ1) is 23.2. The molecule has 9 heteroatoms. The number of amides is 1. The lowest BCUT2D eigenvalue weighted by atomic mass is 10.1. The molecule has 0 spiro atoms. The van der Waals surface area contributed by atoms with E-state index in [1.54, 1.807) is 19.2 Å². The molecule has 2 aromatic heterocycles. The van der Waals surface area contributed by atoms with Crippen LogP contribution in [0.2, 0.25) is 0 Å². The minimum atomic E-state index is -0.154. The molecule has 0 bridgehead atoms. The van der Waals surface area contributed by atoms with Crippen LogP contribution >= 0.6 is 0 Å². The van der Waals surface area contributed by atoms with Gasteiger partial charge in [-0.2, -0.15) is 0 Å². The van der Waals surface area contributed by atoms with E-state index in [4.69, 9.17) is 13.7 Å². The molecule has 4 aromatic rings. The van der Waals surface area contributed by atoms with Gasteiger partial charge >= 0.3 is 0 Å².